The van der Waals surface area contributed by atoms with Gasteiger partial charge in [0.2, 0.25) is 5.91 Å². The molecule has 1 aliphatic rings. The van der Waals surface area contributed by atoms with Crippen molar-refractivity contribution in [2.75, 3.05) is 18.4 Å². The van der Waals surface area contributed by atoms with E-state index in [1.54, 1.807) is 12.1 Å². The molecule has 1 N–H and O–H groups in total. The van der Waals surface area contributed by atoms with Crippen molar-refractivity contribution in [1.82, 2.24) is 4.90 Å². The molecule has 1 aliphatic heterocycles. The normalized spacial score (nSPS) is 19.6. The molecule has 2 rings (SSSR count). The number of carbonyl (C=O) groups excluding carboxylic acids is 1. The van der Waals surface area contributed by atoms with Crippen molar-refractivity contribution in [2.45, 2.75) is 32.2 Å². The van der Waals surface area contributed by atoms with Crippen LogP contribution in [-0.4, -0.2) is 34.9 Å². The van der Waals surface area contributed by atoms with E-state index in [0.29, 0.717) is 18.3 Å². The van der Waals surface area contributed by atoms with E-state index in [1.165, 1.54) is 18.6 Å². The maximum absolute atomic E-state index is 12.0. The zero-order valence-electron chi connectivity index (χ0n) is 11.5. The number of benzene rings is 1. The smallest absolute Gasteiger partial charge is 0.271 e. The first-order valence-electron chi connectivity index (χ1n) is 6.84. The standard InChI is InChI=1S/C14H19N3O3/c1-11-5-2-3-8-16(11)10-14(18)15-12-6-4-7-13(9-12)17(19)20/h4,6-7,9,11H,2-3,5,8,10H2,1H3,(H,15,18)/t11-/m0/s1. The van der Waals surface area contributed by atoms with Crippen LogP contribution in [0.5, 0.6) is 0 Å². The summed E-state index contributed by atoms with van der Waals surface area (Å²) in [5.41, 5.74) is 0.447. The van der Waals surface area contributed by atoms with Gasteiger partial charge in [0.25, 0.3) is 5.69 Å². The fraction of sp³-hybridized carbons (Fsp3) is 0.500. The number of hydrogen-bond donors (Lipinski definition) is 1. The van der Waals surface area contributed by atoms with Gasteiger partial charge in [-0.25, -0.2) is 0 Å². The highest BCUT2D eigenvalue weighted by Gasteiger charge is 2.20. The fourth-order valence-electron chi connectivity index (χ4n) is 2.47. The molecule has 0 aliphatic carbocycles. The van der Waals surface area contributed by atoms with Gasteiger partial charge in [-0.3, -0.25) is 19.8 Å². The van der Waals surface area contributed by atoms with Crippen LogP contribution >= 0.6 is 0 Å². The first kappa shape index (κ1) is 14.5. The van der Waals surface area contributed by atoms with E-state index in [2.05, 4.69) is 17.1 Å². The number of non-ortho nitro benzene ring substituents is 1. The third kappa shape index (κ3) is 3.77. The van der Waals surface area contributed by atoms with Crippen LogP contribution in [0.4, 0.5) is 11.4 Å². The summed E-state index contributed by atoms with van der Waals surface area (Å²) in [6.45, 7) is 3.40. The maximum Gasteiger partial charge on any atom is 0.271 e. The molecule has 6 heteroatoms. The summed E-state index contributed by atoms with van der Waals surface area (Å²) in [6.07, 6.45) is 3.45. The lowest BCUT2D eigenvalue weighted by atomic mass is 10.0. The molecule has 6 nitrogen and oxygen atoms in total. The van der Waals surface area contributed by atoms with Crippen molar-refractivity contribution in [3.05, 3.63) is 34.4 Å². The van der Waals surface area contributed by atoms with Crippen molar-refractivity contribution in [1.29, 1.82) is 0 Å². The summed E-state index contributed by atoms with van der Waals surface area (Å²) in [6, 6.07) is 6.42. The Morgan fingerprint density at radius 3 is 3.00 bits per heavy atom. The Kier molecular flexibility index (Phi) is 4.68. The second-order valence-electron chi connectivity index (χ2n) is 5.17. The molecule has 1 amide bonds. The zero-order valence-corrected chi connectivity index (χ0v) is 11.5. The van der Waals surface area contributed by atoms with Gasteiger partial charge in [0.1, 0.15) is 0 Å². The van der Waals surface area contributed by atoms with E-state index < -0.39 is 4.92 Å². The SMILES string of the molecule is C[C@H]1CCCCN1CC(=O)Nc1cccc([N+](=O)[O-])c1. The Labute approximate surface area is 117 Å². The molecule has 0 bridgehead atoms. The molecule has 0 saturated carbocycles. The summed E-state index contributed by atoms with van der Waals surface area (Å²) in [5, 5.41) is 13.4. The topological polar surface area (TPSA) is 75.5 Å². The molecular formula is C14H19N3O3. The average molecular weight is 277 g/mol. The van der Waals surface area contributed by atoms with Crippen LogP contribution in [0.2, 0.25) is 0 Å². The van der Waals surface area contributed by atoms with Crippen molar-refractivity contribution < 1.29 is 9.72 Å². The molecule has 0 radical (unpaired) electrons. The number of nitro groups is 1. The lowest BCUT2D eigenvalue weighted by Gasteiger charge is -2.32. The predicted molar refractivity (Wildman–Crippen MR) is 76.6 cm³/mol. The summed E-state index contributed by atoms with van der Waals surface area (Å²) in [5.74, 6) is -0.126. The van der Waals surface area contributed by atoms with E-state index >= 15 is 0 Å². The molecule has 1 atom stereocenters. The van der Waals surface area contributed by atoms with Crippen molar-refractivity contribution >= 4 is 17.3 Å². The molecule has 108 valence electrons. The lowest BCUT2D eigenvalue weighted by Crippen LogP contribution is -2.42. The largest absolute Gasteiger partial charge is 0.325 e. The average Bonchev–Trinajstić information content (AvgIpc) is 2.41. The van der Waals surface area contributed by atoms with Gasteiger partial charge in [0.05, 0.1) is 11.5 Å². The van der Waals surface area contributed by atoms with E-state index in [9.17, 15) is 14.9 Å². The molecule has 1 fully saturated rings. The minimum atomic E-state index is -0.470. The Bertz CT molecular complexity index is 504. The van der Waals surface area contributed by atoms with E-state index in [4.69, 9.17) is 0 Å². The second kappa shape index (κ2) is 6.47. The summed E-state index contributed by atoms with van der Waals surface area (Å²) < 4.78 is 0. The van der Waals surface area contributed by atoms with Crippen LogP contribution in [0, 0.1) is 10.1 Å². The van der Waals surface area contributed by atoms with Crippen molar-refractivity contribution in [3.63, 3.8) is 0 Å². The molecule has 0 unspecified atom stereocenters. The Morgan fingerprint density at radius 1 is 1.50 bits per heavy atom. The number of carbonyl (C=O) groups is 1. The summed E-state index contributed by atoms with van der Waals surface area (Å²) in [4.78, 5) is 24.3. The number of anilines is 1. The van der Waals surface area contributed by atoms with Gasteiger partial charge in [-0.05, 0) is 32.4 Å². The highest BCUT2D eigenvalue weighted by Crippen LogP contribution is 2.18. The molecule has 0 spiro atoms. The monoisotopic (exact) mass is 277 g/mol. The van der Waals surface area contributed by atoms with Gasteiger partial charge in [-0.1, -0.05) is 12.5 Å². The first-order chi connectivity index (χ1) is 9.56. The Hall–Kier alpha value is -1.95. The Balaban J connectivity index is 1.94. The summed E-state index contributed by atoms with van der Waals surface area (Å²) >= 11 is 0. The van der Waals surface area contributed by atoms with Gasteiger partial charge < -0.3 is 5.32 Å². The highest BCUT2D eigenvalue weighted by molar-refractivity contribution is 5.92. The van der Waals surface area contributed by atoms with Crippen LogP contribution in [0.25, 0.3) is 0 Å². The number of nitrogens with zero attached hydrogens (tertiary/aromatic N) is 2. The number of nitrogens with one attached hydrogen (secondary N) is 1. The molecule has 0 aromatic heterocycles. The van der Waals surface area contributed by atoms with Crippen molar-refractivity contribution in [3.8, 4) is 0 Å². The molecule has 1 aromatic carbocycles. The Morgan fingerprint density at radius 2 is 2.30 bits per heavy atom. The summed E-state index contributed by atoms with van der Waals surface area (Å²) in [7, 11) is 0. The van der Waals surface area contributed by atoms with Crippen LogP contribution in [0.3, 0.4) is 0 Å². The minimum absolute atomic E-state index is 0.0193. The lowest BCUT2D eigenvalue weighted by molar-refractivity contribution is -0.384. The van der Waals surface area contributed by atoms with E-state index in [0.717, 1.165) is 19.4 Å². The third-order valence-corrected chi connectivity index (χ3v) is 3.63. The zero-order chi connectivity index (χ0) is 14.5. The number of hydrogen-bond acceptors (Lipinski definition) is 4. The highest BCUT2D eigenvalue weighted by atomic mass is 16.6. The molecule has 20 heavy (non-hydrogen) atoms. The molecule has 1 heterocycles. The van der Waals surface area contributed by atoms with E-state index in [-0.39, 0.29) is 11.6 Å². The van der Waals surface area contributed by atoms with Gasteiger partial charge in [-0.15, -0.1) is 0 Å². The number of piperidine rings is 1. The number of nitro benzene ring substituents is 1. The molecule has 1 saturated heterocycles. The van der Waals surface area contributed by atoms with Crippen molar-refractivity contribution in [2.24, 2.45) is 0 Å². The third-order valence-electron chi connectivity index (χ3n) is 3.63. The number of likely N-dealkylation sites (tertiary alicyclic amines) is 1. The van der Waals surface area contributed by atoms with Gasteiger partial charge in [0.15, 0.2) is 0 Å². The van der Waals surface area contributed by atoms with Crippen LogP contribution in [0.1, 0.15) is 26.2 Å². The maximum atomic E-state index is 12.0. The fourth-order valence-corrected chi connectivity index (χ4v) is 2.47. The molecular weight excluding hydrogens is 258 g/mol. The number of amides is 1. The first-order valence-corrected chi connectivity index (χ1v) is 6.84. The predicted octanol–water partition coefficient (Wildman–Crippen LogP) is 2.41. The van der Waals surface area contributed by atoms with Gasteiger partial charge >= 0.3 is 0 Å². The van der Waals surface area contributed by atoms with E-state index in [1.807, 2.05) is 0 Å². The van der Waals surface area contributed by atoms with Gasteiger partial charge in [0, 0.05) is 23.9 Å². The quantitative estimate of drug-likeness (QED) is 0.677. The van der Waals surface area contributed by atoms with Gasteiger partial charge in [-0.2, -0.15) is 0 Å². The van der Waals surface area contributed by atoms with Crippen LogP contribution < -0.4 is 5.32 Å². The minimum Gasteiger partial charge on any atom is -0.325 e. The second-order valence-corrected chi connectivity index (χ2v) is 5.17. The molecule has 1 aromatic rings. The van der Waals surface area contributed by atoms with Crippen LogP contribution in [-0.2, 0) is 4.79 Å². The number of rotatable bonds is 4. The van der Waals surface area contributed by atoms with Crippen LogP contribution in [0.15, 0.2) is 24.3 Å².